The fraction of sp³-hybridized carbons (Fsp3) is 0.938. The number of carbonyl (C=O) groups is 1. The third-order valence-electron chi connectivity index (χ3n) is 4.54. The predicted molar refractivity (Wildman–Crippen MR) is 82.8 cm³/mol. The lowest BCUT2D eigenvalue weighted by molar-refractivity contribution is -0.123. The quantitative estimate of drug-likeness (QED) is 0.692. The fourth-order valence-corrected chi connectivity index (χ4v) is 3.27. The maximum absolute atomic E-state index is 13.2. The molecule has 1 rings (SSSR count). The Morgan fingerprint density at radius 1 is 1.35 bits per heavy atom. The zero-order valence-electron chi connectivity index (χ0n) is 13.0. The lowest BCUT2D eigenvalue weighted by atomic mass is 9.89. The number of carbonyl (C=O) groups excluding carboxylic acids is 1. The van der Waals surface area contributed by atoms with Crippen molar-refractivity contribution in [2.24, 2.45) is 11.8 Å². The van der Waals surface area contributed by atoms with Crippen LogP contribution in [0.4, 0.5) is 4.39 Å². The van der Waals surface area contributed by atoms with Gasteiger partial charge in [0, 0.05) is 12.5 Å². The van der Waals surface area contributed by atoms with Crippen LogP contribution in [-0.4, -0.2) is 23.5 Å². The maximum atomic E-state index is 13.2. The zero-order chi connectivity index (χ0) is 15.1. The summed E-state index contributed by atoms with van der Waals surface area (Å²) in [6.07, 6.45) is 4.57. The van der Waals surface area contributed by atoms with Gasteiger partial charge in [0.15, 0.2) is 0 Å². The van der Waals surface area contributed by atoms with E-state index in [2.05, 4.69) is 26.1 Å². The van der Waals surface area contributed by atoms with E-state index in [-0.39, 0.29) is 17.3 Å². The Kier molecular flexibility index (Phi) is 7.86. The molecule has 20 heavy (non-hydrogen) atoms. The van der Waals surface area contributed by atoms with E-state index >= 15 is 0 Å². The van der Waals surface area contributed by atoms with E-state index in [0.717, 1.165) is 19.3 Å². The van der Waals surface area contributed by atoms with Gasteiger partial charge in [0.1, 0.15) is 6.17 Å². The first-order chi connectivity index (χ1) is 9.46. The van der Waals surface area contributed by atoms with E-state index in [0.29, 0.717) is 37.5 Å². The maximum Gasteiger partial charge on any atom is 0.220 e. The van der Waals surface area contributed by atoms with Gasteiger partial charge in [-0.05, 0) is 37.5 Å². The van der Waals surface area contributed by atoms with Gasteiger partial charge in [0.2, 0.25) is 5.91 Å². The monoisotopic (exact) mass is 305 g/mol. The first kappa shape index (κ1) is 17.7. The van der Waals surface area contributed by atoms with Crippen molar-refractivity contribution in [1.82, 2.24) is 5.32 Å². The molecule has 1 aliphatic carbocycles. The minimum atomic E-state index is -0.806. The number of alkyl halides is 2. The Morgan fingerprint density at radius 3 is 2.60 bits per heavy atom. The summed E-state index contributed by atoms with van der Waals surface area (Å²) in [7, 11) is 0. The van der Waals surface area contributed by atoms with Gasteiger partial charge < -0.3 is 5.32 Å². The molecular weight excluding hydrogens is 277 g/mol. The summed E-state index contributed by atoms with van der Waals surface area (Å²) >= 11 is 6.14. The Labute approximate surface area is 127 Å². The van der Waals surface area contributed by atoms with Crippen LogP contribution in [0, 0.1) is 11.8 Å². The van der Waals surface area contributed by atoms with Gasteiger partial charge in [-0.3, -0.25) is 4.79 Å². The smallest absolute Gasteiger partial charge is 0.220 e. The fourth-order valence-electron chi connectivity index (χ4n) is 2.89. The summed E-state index contributed by atoms with van der Waals surface area (Å²) in [5, 5.41) is 2.74. The summed E-state index contributed by atoms with van der Waals surface area (Å²) < 4.78 is 13.2. The Balaban J connectivity index is 2.38. The van der Waals surface area contributed by atoms with Crippen molar-refractivity contribution < 1.29 is 9.18 Å². The second-order valence-electron chi connectivity index (χ2n) is 6.33. The molecular formula is C16H29ClFNO. The Hall–Kier alpha value is -0.310. The van der Waals surface area contributed by atoms with Crippen LogP contribution in [0.25, 0.3) is 0 Å². The molecule has 0 heterocycles. The molecule has 0 aromatic rings. The Bertz CT molecular complexity index is 300. The van der Waals surface area contributed by atoms with Gasteiger partial charge in [-0.25, -0.2) is 4.39 Å². The average Bonchev–Trinajstić information content (AvgIpc) is 2.41. The number of halogens is 2. The highest BCUT2D eigenvalue weighted by molar-refractivity contribution is 6.21. The second-order valence-corrected chi connectivity index (χ2v) is 6.89. The molecule has 118 valence electrons. The number of hydrogen-bond donors (Lipinski definition) is 1. The van der Waals surface area contributed by atoms with Gasteiger partial charge in [0.05, 0.1) is 5.38 Å². The van der Waals surface area contributed by atoms with E-state index < -0.39 is 6.17 Å². The van der Waals surface area contributed by atoms with Gasteiger partial charge >= 0.3 is 0 Å². The van der Waals surface area contributed by atoms with Crippen LogP contribution in [0.3, 0.4) is 0 Å². The van der Waals surface area contributed by atoms with E-state index in [9.17, 15) is 9.18 Å². The molecule has 0 aliphatic heterocycles. The third kappa shape index (κ3) is 5.99. The minimum Gasteiger partial charge on any atom is -0.352 e. The van der Waals surface area contributed by atoms with E-state index in [1.54, 1.807) is 0 Å². The summed E-state index contributed by atoms with van der Waals surface area (Å²) in [5.74, 6) is 1.18. The lowest BCUT2D eigenvalue weighted by Crippen LogP contribution is -2.45. The summed E-state index contributed by atoms with van der Waals surface area (Å²) in [6, 6.07) is -0.0581. The lowest BCUT2D eigenvalue weighted by Gasteiger charge is -2.30. The SMILES string of the molecule is CCC(C)CC(CC)CC(=O)N[C@@H]1CC[C@H](F)CC1Cl. The number of nitrogens with one attached hydrogen (secondary N) is 1. The molecule has 2 nitrogen and oxygen atoms in total. The summed E-state index contributed by atoms with van der Waals surface area (Å²) in [5.41, 5.74) is 0. The first-order valence-electron chi connectivity index (χ1n) is 8.03. The van der Waals surface area contributed by atoms with Crippen molar-refractivity contribution in [2.45, 2.75) is 83.3 Å². The van der Waals surface area contributed by atoms with Crippen LogP contribution in [0.2, 0.25) is 0 Å². The van der Waals surface area contributed by atoms with Gasteiger partial charge in [-0.1, -0.05) is 33.6 Å². The van der Waals surface area contributed by atoms with Crippen molar-refractivity contribution in [3.63, 3.8) is 0 Å². The molecule has 0 aromatic heterocycles. The molecule has 4 heteroatoms. The van der Waals surface area contributed by atoms with Crippen LogP contribution in [0.5, 0.6) is 0 Å². The molecule has 0 aromatic carbocycles. The van der Waals surface area contributed by atoms with Crippen molar-refractivity contribution in [3.05, 3.63) is 0 Å². The molecule has 1 N–H and O–H groups in total. The topological polar surface area (TPSA) is 29.1 Å². The molecule has 1 fully saturated rings. The van der Waals surface area contributed by atoms with Crippen LogP contribution in [0.1, 0.15) is 65.7 Å². The molecule has 1 saturated carbocycles. The normalized spacial score (nSPS) is 29.8. The van der Waals surface area contributed by atoms with E-state index in [1.807, 2.05) is 0 Å². The largest absolute Gasteiger partial charge is 0.352 e. The zero-order valence-corrected chi connectivity index (χ0v) is 13.8. The third-order valence-corrected chi connectivity index (χ3v) is 5.02. The van der Waals surface area contributed by atoms with Crippen LogP contribution in [0.15, 0.2) is 0 Å². The van der Waals surface area contributed by atoms with E-state index in [1.165, 1.54) is 0 Å². The average molecular weight is 306 g/mol. The predicted octanol–water partition coefficient (Wildman–Crippen LogP) is 4.45. The number of amides is 1. The molecule has 0 radical (unpaired) electrons. The van der Waals surface area contributed by atoms with Crippen molar-refractivity contribution in [1.29, 1.82) is 0 Å². The van der Waals surface area contributed by atoms with Crippen LogP contribution < -0.4 is 5.32 Å². The summed E-state index contributed by atoms with van der Waals surface area (Å²) in [6.45, 7) is 6.56. The van der Waals surface area contributed by atoms with Gasteiger partial charge in [0.25, 0.3) is 0 Å². The van der Waals surface area contributed by atoms with Gasteiger partial charge in [-0.15, -0.1) is 11.6 Å². The van der Waals surface area contributed by atoms with Crippen LogP contribution in [-0.2, 0) is 4.79 Å². The highest BCUT2D eigenvalue weighted by Crippen LogP contribution is 2.26. The molecule has 1 amide bonds. The minimum absolute atomic E-state index is 0.0581. The standard InChI is InChI=1S/C16H29ClFNO/c1-4-11(3)8-12(5-2)9-16(20)19-15-7-6-13(18)10-14(15)17/h11-15H,4-10H2,1-3H3,(H,19,20)/t11?,12?,13-,14?,15+/m0/s1. The van der Waals surface area contributed by atoms with Gasteiger partial charge in [-0.2, -0.15) is 0 Å². The summed E-state index contributed by atoms with van der Waals surface area (Å²) in [4.78, 5) is 12.1. The van der Waals surface area contributed by atoms with Crippen molar-refractivity contribution >= 4 is 17.5 Å². The van der Waals surface area contributed by atoms with Crippen LogP contribution >= 0.6 is 11.6 Å². The molecule has 0 spiro atoms. The number of rotatable bonds is 7. The molecule has 1 aliphatic rings. The highest BCUT2D eigenvalue weighted by Gasteiger charge is 2.30. The van der Waals surface area contributed by atoms with E-state index in [4.69, 9.17) is 11.6 Å². The molecule has 0 bridgehead atoms. The number of hydrogen-bond acceptors (Lipinski definition) is 1. The Morgan fingerprint density at radius 2 is 2.05 bits per heavy atom. The highest BCUT2D eigenvalue weighted by atomic mass is 35.5. The molecule has 3 unspecified atom stereocenters. The van der Waals surface area contributed by atoms with Crippen molar-refractivity contribution in [2.75, 3.05) is 0 Å². The van der Waals surface area contributed by atoms with Crippen molar-refractivity contribution in [3.8, 4) is 0 Å². The molecule has 0 saturated heterocycles. The second kappa shape index (κ2) is 8.86. The molecule has 5 atom stereocenters. The first-order valence-corrected chi connectivity index (χ1v) is 8.47.